The van der Waals surface area contributed by atoms with Crippen LogP contribution < -0.4 is 32.7 Å². The number of hydrogen-bond donors (Lipinski definition) is 6. The molecule has 1 aromatic carbocycles. The number of nitrogens with zero attached hydrogens (tertiary/aromatic N) is 1. The number of ketones is 1. The highest BCUT2D eigenvalue weighted by atomic mass is 16.2. The number of aliphatic imine (C=N–C) groups is 1. The summed E-state index contributed by atoms with van der Waals surface area (Å²) < 4.78 is 0. The number of hydrogen-bond acceptors (Lipinski definition) is 6. The smallest absolute Gasteiger partial charge is 0.247 e. The molecular weight excluding hydrogens is 538 g/mol. The summed E-state index contributed by atoms with van der Waals surface area (Å²) in [5.74, 6) is -3.64. The molecule has 4 amide bonds. The average Bonchev–Trinajstić information content (AvgIpc) is 2.94. The predicted molar refractivity (Wildman–Crippen MR) is 161 cm³/mol. The Labute approximate surface area is 248 Å². The second-order valence-electron chi connectivity index (χ2n) is 11.5. The van der Waals surface area contributed by atoms with Gasteiger partial charge < -0.3 is 32.7 Å². The summed E-state index contributed by atoms with van der Waals surface area (Å²) in [4.78, 5) is 71.2. The van der Waals surface area contributed by atoms with Gasteiger partial charge in [0.2, 0.25) is 23.6 Å². The molecule has 1 aliphatic rings. The Bertz CT molecular complexity index is 1140. The fourth-order valence-corrected chi connectivity index (χ4v) is 4.70. The summed E-state index contributed by atoms with van der Waals surface area (Å²) in [6.45, 7) is 9.10. The highest BCUT2D eigenvalue weighted by Gasteiger charge is 2.39. The van der Waals surface area contributed by atoms with Crippen LogP contribution in [0.5, 0.6) is 0 Å². The van der Waals surface area contributed by atoms with Crippen LogP contribution in [0.3, 0.4) is 0 Å². The summed E-state index contributed by atoms with van der Waals surface area (Å²) >= 11 is 0. The predicted octanol–water partition coefficient (Wildman–Crippen LogP) is 1.05. The Balaban J connectivity index is 2.53. The van der Waals surface area contributed by atoms with E-state index in [1.165, 1.54) is 0 Å². The molecule has 1 aliphatic heterocycles. The van der Waals surface area contributed by atoms with Crippen LogP contribution in [0.25, 0.3) is 0 Å². The number of benzene rings is 1. The number of amides is 4. The third kappa shape index (κ3) is 9.85. The zero-order chi connectivity index (χ0) is 31.4. The highest BCUT2D eigenvalue weighted by molar-refractivity contribution is 5.97. The molecule has 232 valence electrons. The minimum atomic E-state index is -1.35. The first-order chi connectivity index (χ1) is 19.8. The molecule has 0 aliphatic carbocycles. The molecule has 0 bridgehead atoms. The van der Waals surface area contributed by atoms with Gasteiger partial charge in [-0.2, -0.15) is 0 Å². The van der Waals surface area contributed by atoms with Gasteiger partial charge in [0.05, 0.1) is 5.54 Å². The lowest BCUT2D eigenvalue weighted by Crippen LogP contribution is -2.57. The number of carbonyl (C=O) groups is 5. The van der Waals surface area contributed by atoms with Crippen molar-refractivity contribution in [2.45, 2.75) is 84.3 Å². The molecule has 1 unspecified atom stereocenters. The summed E-state index contributed by atoms with van der Waals surface area (Å²) in [5.41, 5.74) is 10.1. The quantitative estimate of drug-likeness (QED) is 0.141. The molecule has 0 saturated carbocycles. The molecule has 5 atom stereocenters. The molecule has 1 heterocycles. The van der Waals surface area contributed by atoms with Crippen molar-refractivity contribution in [2.75, 3.05) is 13.1 Å². The van der Waals surface area contributed by atoms with Gasteiger partial charge in [0, 0.05) is 31.3 Å². The number of guanidine groups is 1. The standard InChI is InChI=1S/C30H47N7O5/c1-6-19(4)23-28(42)36-24(20-11-8-7-9-12-20)27(41)33-16-14-30(5,37-25(39)18(2)3)22(38)17-21(26(40)35-23)13-10-15-34-29(31)32/h7-9,11-12,18-19,21,23-24H,6,10,13-17H2,1-5H3,(H,33,41)(H,35,40)(H,36,42)(H,37,39)(H4,31,32,34)/t19?,21-,23+,24-,30-/m1/s1. The maximum Gasteiger partial charge on any atom is 0.247 e. The van der Waals surface area contributed by atoms with Gasteiger partial charge in [-0.15, -0.1) is 0 Å². The maximum absolute atomic E-state index is 13.8. The van der Waals surface area contributed by atoms with Crippen LogP contribution in [0.4, 0.5) is 0 Å². The number of Topliss-reactive ketones (excluding diaryl/α,β-unsaturated/α-hetero) is 1. The van der Waals surface area contributed by atoms with E-state index in [4.69, 9.17) is 11.5 Å². The van der Waals surface area contributed by atoms with Crippen LogP contribution in [-0.2, 0) is 24.0 Å². The SMILES string of the molecule is CCC(C)[C@@H]1NC(=O)[C@H](CCCN=C(N)N)CC(=O)[C@](C)(NC(=O)C(C)C)CCNC(=O)[C@@H](c2ccccc2)NC1=O. The Kier molecular flexibility index (Phi) is 12.9. The van der Waals surface area contributed by atoms with E-state index >= 15 is 0 Å². The Morgan fingerprint density at radius 1 is 1.05 bits per heavy atom. The van der Waals surface area contributed by atoms with Crippen molar-refractivity contribution in [1.82, 2.24) is 21.3 Å². The molecule has 0 radical (unpaired) electrons. The van der Waals surface area contributed by atoms with Crippen LogP contribution in [0, 0.1) is 17.8 Å². The molecular formula is C30H47N7O5. The molecule has 1 fully saturated rings. The van der Waals surface area contributed by atoms with Gasteiger partial charge in [-0.25, -0.2) is 0 Å². The van der Waals surface area contributed by atoms with E-state index in [2.05, 4.69) is 26.3 Å². The van der Waals surface area contributed by atoms with Gasteiger partial charge in [-0.1, -0.05) is 64.4 Å². The third-order valence-electron chi connectivity index (χ3n) is 7.75. The zero-order valence-electron chi connectivity index (χ0n) is 25.4. The largest absolute Gasteiger partial charge is 0.370 e. The van der Waals surface area contributed by atoms with E-state index in [9.17, 15) is 24.0 Å². The van der Waals surface area contributed by atoms with Crippen molar-refractivity contribution in [1.29, 1.82) is 0 Å². The summed E-state index contributed by atoms with van der Waals surface area (Å²) in [7, 11) is 0. The van der Waals surface area contributed by atoms with E-state index in [0.717, 1.165) is 0 Å². The average molecular weight is 586 g/mol. The monoisotopic (exact) mass is 585 g/mol. The Hall–Kier alpha value is -3.96. The van der Waals surface area contributed by atoms with Crippen molar-refractivity contribution in [3.8, 4) is 0 Å². The van der Waals surface area contributed by atoms with Gasteiger partial charge in [-0.3, -0.25) is 29.0 Å². The van der Waals surface area contributed by atoms with E-state index in [1.54, 1.807) is 51.1 Å². The molecule has 1 aromatic rings. The summed E-state index contributed by atoms with van der Waals surface area (Å²) in [5, 5.41) is 11.4. The summed E-state index contributed by atoms with van der Waals surface area (Å²) in [6.07, 6.45) is 1.18. The Morgan fingerprint density at radius 2 is 1.71 bits per heavy atom. The van der Waals surface area contributed by atoms with Crippen molar-refractivity contribution in [3.05, 3.63) is 35.9 Å². The summed E-state index contributed by atoms with van der Waals surface area (Å²) in [6, 6.07) is 6.80. The van der Waals surface area contributed by atoms with Crippen LogP contribution >= 0.6 is 0 Å². The second kappa shape index (κ2) is 15.9. The lowest BCUT2D eigenvalue weighted by Gasteiger charge is -2.33. The first kappa shape index (κ1) is 34.2. The fraction of sp³-hybridized carbons (Fsp3) is 0.600. The molecule has 42 heavy (non-hydrogen) atoms. The number of carbonyl (C=O) groups excluding carboxylic acids is 5. The van der Waals surface area contributed by atoms with E-state index < -0.39 is 41.3 Å². The van der Waals surface area contributed by atoms with Gasteiger partial charge in [0.1, 0.15) is 12.1 Å². The first-order valence-electron chi connectivity index (χ1n) is 14.6. The minimum absolute atomic E-state index is 0.0504. The van der Waals surface area contributed by atoms with Crippen LogP contribution in [0.2, 0.25) is 0 Å². The number of rotatable bonds is 9. The van der Waals surface area contributed by atoms with E-state index in [1.807, 2.05) is 13.8 Å². The second-order valence-corrected chi connectivity index (χ2v) is 11.5. The van der Waals surface area contributed by atoms with Crippen LogP contribution in [0.15, 0.2) is 35.3 Å². The molecule has 1 saturated heterocycles. The lowest BCUT2D eigenvalue weighted by atomic mass is 9.83. The van der Waals surface area contributed by atoms with Crippen molar-refractivity contribution >= 4 is 35.4 Å². The molecule has 12 heteroatoms. The van der Waals surface area contributed by atoms with Crippen molar-refractivity contribution < 1.29 is 24.0 Å². The molecule has 2 rings (SSSR count). The number of nitrogens with two attached hydrogens (primary N) is 2. The topological polar surface area (TPSA) is 198 Å². The van der Waals surface area contributed by atoms with Crippen molar-refractivity contribution in [2.24, 2.45) is 34.2 Å². The van der Waals surface area contributed by atoms with Crippen LogP contribution in [0.1, 0.15) is 78.3 Å². The molecule has 12 nitrogen and oxygen atoms in total. The zero-order valence-corrected chi connectivity index (χ0v) is 25.4. The normalized spacial score (nSPS) is 25.0. The van der Waals surface area contributed by atoms with Crippen molar-refractivity contribution in [3.63, 3.8) is 0 Å². The fourth-order valence-electron chi connectivity index (χ4n) is 4.70. The van der Waals surface area contributed by atoms with E-state index in [-0.39, 0.29) is 61.8 Å². The lowest BCUT2D eigenvalue weighted by molar-refractivity contribution is -0.138. The van der Waals surface area contributed by atoms with E-state index in [0.29, 0.717) is 18.4 Å². The first-order valence-corrected chi connectivity index (χ1v) is 14.6. The molecule has 0 spiro atoms. The van der Waals surface area contributed by atoms with Gasteiger partial charge in [-0.05, 0) is 37.7 Å². The highest BCUT2D eigenvalue weighted by Crippen LogP contribution is 2.23. The van der Waals surface area contributed by atoms with Gasteiger partial charge in [0.25, 0.3) is 0 Å². The third-order valence-corrected chi connectivity index (χ3v) is 7.75. The molecule has 8 N–H and O–H groups in total. The maximum atomic E-state index is 13.8. The Morgan fingerprint density at radius 3 is 2.31 bits per heavy atom. The van der Waals surface area contributed by atoms with Crippen LogP contribution in [-0.4, -0.2) is 60.0 Å². The molecule has 0 aromatic heterocycles. The number of nitrogens with one attached hydrogen (secondary N) is 4. The van der Waals surface area contributed by atoms with Gasteiger partial charge >= 0.3 is 0 Å². The minimum Gasteiger partial charge on any atom is -0.370 e. The van der Waals surface area contributed by atoms with Gasteiger partial charge in [0.15, 0.2) is 11.7 Å².